The number of benzene rings is 2. The van der Waals surface area contributed by atoms with Crippen molar-refractivity contribution in [1.82, 2.24) is 4.90 Å². The van der Waals surface area contributed by atoms with Gasteiger partial charge in [0.2, 0.25) is 0 Å². The third-order valence-corrected chi connectivity index (χ3v) is 7.13. The lowest BCUT2D eigenvalue weighted by Gasteiger charge is -2.28. The summed E-state index contributed by atoms with van der Waals surface area (Å²) in [6.45, 7) is 10.3. The SMILES string of the molecule is C=CCN(CC=C)C(=O)C(Cl)Cl.CCC1(CC2(c3cccc(Cl)c3)CO2)C(=O)c2ccccc2C1=O. The van der Waals surface area contributed by atoms with Gasteiger partial charge in [0.05, 0.1) is 12.0 Å². The molecular formula is C28H28Cl3NO4. The van der Waals surface area contributed by atoms with Crippen molar-refractivity contribution in [2.45, 2.75) is 30.2 Å². The molecule has 0 saturated carbocycles. The van der Waals surface area contributed by atoms with E-state index in [9.17, 15) is 14.4 Å². The first-order chi connectivity index (χ1) is 17.2. The molecule has 5 nitrogen and oxygen atoms in total. The smallest absolute Gasteiger partial charge is 0.256 e. The predicted molar refractivity (Wildman–Crippen MR) is 144 cm³/mol. The third-order valence-electron chi connectivity index (χ3n) is 6.52. The molecule has 0 aromatic heterocycles. The Kier molecular flexibility index (Phi) is 9.18. The number of hydrogen-bond donors (Lipinski definition) is 0. The largest absolute Gasteiger partial charge is 0.364 e. The van der Waals surface area contributed by atoms with Crippen molar-refractivity contribution in [3.05, 3.63) is 95.6 Å². The molecule has 0 spiro atoms. The van der Waals surface area contributed by atoms with Gasteiger partial charge < -0.3 is 9.64 Å². The second-order valence-corrected chi connectivity index (χ2v) is 10.3. The molecule has 1 aliphatic heterocycles. The van der Waals surface area contributed by atoms with Crippen LogP contribution in [-0.2, 0) is 15.1 Å². The van der Waals surface area contributed by atoms with Crippen LogP contribution < -0.4 is 0 Å². The van der Waals surface area contributed by atoms with E-state index in [1.54, 1.807) is 42.5 Å². The molecule has 0 radical (unpaired) electrons. The summed E-state index contributed by atoms with van der Waals surface area (Å²) >= 11 is 16.9. The van der Waals surface area contributed by atoms with E-state index in [0.717, 1.165) is 5.56 Å². The zero-order chi connectivity index (χ0) is 26.5. The quantitative estimate of drug-likeness (QED) is 0.157. The molecule has 190 valence electrons. The van der Waals surface area contributed by atoms with Crippen LogP contribution in [0.5, 0.6) is 0 Å². The van der Waals surface area contributed by atoms with Crippen LogP contribution >= 0.6 is 34.8 Å². The maximum atomic E-state index is 13.1. The molecule has 4 rings (SSSR count). The first-order valence-corrected chi connectivity index (χ1v) is 12.8. The molecular weight excluding hydrogens is 521 g/mol. The Morgan fingerprint density at radius 1 is 1.06 bits per heavy atom. The van der Waals surface area contributed by atoms with Crippen molar-refractivity contribution in [3.63, 3.8) is 0 Å². The van der Waals surface area contributed by atoms with E-state index < -0.39 is 15.9 Å². The van der Waals surface area contributed by atoms with Gasteiger partial charge in [-0.3, -0.25) is 14.4 Å². The van der Waals surface area contributed by atoms with Crippen molar-refractivity contribution in [2.24, 2.45) is 5.41 Å². The van der Waals surface area contributed by atoms with Crippen LogP contribution in [-0.4, -0.2) is 46.9 Å². The Bertz CT molecular complexity index is 1130. The fourth-order valence-corrected chi connectivity index (χ4v) is 4.99. The molecule has 2 aliphatic rings. The van der Waals surface area contributed by atoms with Gasteiger partial charge in [-0.25, -0.2) is 0 Å². The minimum Gasteiger partial charge on any atom is -0.364 e. The van der Waals surface area contributed by atoms with Gasteiger partial charge in [0, 0.05) is 35.7 Å². The molecule has 0 bridgehead atoms. The third kappa shape index (κ3) is 5.60. The monoisotopic (exact) mass is 547 g/mol. The fourth-order valence-electron chi connectivity index (χ4n) is 4.53. The van der Waals surface area contributed by atoms with Gasteiger partial charge >= 0.3 is 0 Å². The lowest BCUT2D eigenvalue weighted by Crippen LogP contribution is -2.37. The normalized spacial score (nSPS) is 19.2. The number of rotatable bonds is 9. The highest BCUT2D eigenvalue weighted by Crippen LogP contribution is 2.53. The Morgan fingerprint density at radius 3 is 2.03 bits per heavy atom. The molecule has 1 amide bonds. The van der Waals surface area contributed by atoms with Crippen molar-refractivity contribution >= 4 is 52.3 Å². The number of Topliss-reactive ketones (excluding diaryl/α,β-unsaturated/α-hetero) is 2. The molecule has 1 heterocycles. The van der Waals surface area contributed by atoms with Crippen LogP contribution in [0.15, 0.2) is 73.8 Å². The maximum absolute atomic E-state index is 13.1. The number of hydrogen-bond acceptors (Lipinski definition) is 4. The van der Waals surface area contributed by atoms with Crippen LogP contribution in [0.3, 0.4) is 0 Å². The minimum atomic E-state index is -1.04. The summed E-state index contributed by atoms with van der Waals surface area (Å²) in [4.78, 5) is 37.8. The molecule has 0 N–H and O–H groups in total. The molecule has 1 saturated heterocycles. The summed E-state index contributed by atoms with van der Waals surface area (Å²) in [5, 5.41) is 0.625. The van der Waals surface area contributed by atoms with E-state index in [1.807, 2.05) is 25.1 Å². The molecule has 1 atom stereocenters. The molecule has 2 aromatic rings. The van der Waals surface area contributed by atoms with Gasteiger partial charge in [-0.1, -0.05) is 90.3 Å². The highest BCUT2D eigenvalue weighted by molar-refractivity contribution is 6.53. The number of ketones is 2. The van der Waals surface area contributed by atoms with Gasteiger partial charge in [0.25, 0.3) is 5.91 Å². The van der Waals surface area contributed by atoms with Crippen LogP contribution in [0.2, 0.25) is 5.02 Å². The van der Waals surface area contributed by atoms with E-state index in [2.05, 4.69) is 13.2 Å². The van der Waals surface area contributed by atoms with E-state index >= 15 is 0 Å². The Balaban J connectivity index is 0.000000257. The number of halogens is 3. The first kappa shape index (κ1) is 28.1. The summed E-state index contributed by atoms with van der Waals surface area (Å²) in [5.74, 6) is -0.483. The Morgan fingerprint density at radius 2 is 1.61 bits per heavy atom. The second kappa shape index (κ2) is 11.7. The van der Waals surface area contributed by atoms with Crippen molar-refractivity contribution in [3.8, 4) is 0 Å². The zero-order valence-electron chi connectivity index (χ0n) is 20.0. The maximum Gasteiger partial charge on any atom is 0.256 e. The van der Waals surface area contributed by atoms with Crippen molar-refractivity contribution in [2.75, 3.05) is 19.7 Å². The van der Waals surface area contributed by atoms with Crippen molar-refractivity contribution < 1.29 is 19.1 Å². The summed E-state index contributed by atoms with van der Waals surface area (Å²) in [5.41, 5.74) is 0.369. The second-order valence-electron chi connectivity index (χ2n) is 8.73. The van der Waals surface area contributed by atoms with E-state index in [0.29, 0.717) is 48.7 Å². The summed E-state index contributed by atoms with van der Waals surface area (Å²) in [6, 6.07) is 14.6. The molecule has 1 unspecified atom stereocenters. The van der Waals surface area contributed by atoms with E-state index in [-0.39, 0.29) is 17.5 Å². The van der Waals surface area contributed by atoms with Gasteiger partial charge in [-0.2, -0.15) is 0 Å². The van der Waals surface area contributed by atoms with Crippen LogP contribution in [0, 0.1) is 5.41 Å². The minimum absolute atomic E-state index is 0.0810. The number of ether oxygens (including phenoxy) is 1. The number of amides is 1. The number of carbonyl (C=O) groups is 3. The number of fused-ring (bicyclic) bond motifs is 1. The van der Waals surface area contributed by atoms with Crippen LogP contribution in [0.4, 0.5) is 0 Å². The number of carbonyl (C=O) groups excluding carboxylic acids is 3. The van der Waals surface area contributed by atoms with Crippen LogP contribution in [0.25, 0.3) is 0 Å². The summed E-state index contributed by atoms with van der Waals surface area (Å²) in [6.07, 6.45) is 4.04. The average Bonchev–Trinajstić information content (AvgIpc) is 3.63. The first-order valence-electron chi connectivity index (χ1n) is 11.5. The standard InChI is InChI=1S/C20H17ClO3.C8H11Cl2NO/c1-2-19(17(22)15-8-3-4-9-16(15)18(19)23)11-20(12-24-20)13-6-5-7-14(21)10-13;1-3-5-11(6-4-2)8(12)7(9)10/h3-10H,2,11-12H2,1H3;3-4,7H,1-2,5-6H2. The molecule has 2 aromatic carbocycles. The molecule has 1 aliphatic carbocycles. The molecule has 8 heteroatoms. The highest BCUT2D eigenvalue weighted by Gasteiger charge is 2.60. The number of alkyl halides is 2. The summed E-state index contributed by atoms with van der Waals surface area (Å²) < 4.78 is 5.76. The Labute approximate surface area is 226 Å². The van der Waals surface area contributed by atoms with Crippen molar-refractivity contribution in [1.29, 1.82) is 0 Å². The lowest BCUT2D eigenvalue weighted by atomic mass is 9.71. The lowest BCUT2D eigenvalue weighted by molar-refractivity contribution is -0.128. The summed E-state index contributed by atoms with van der Waals surface area (Å²) in [7, 11) is 0. The average molecular weight is 549 g/mol. The van der Waals surface area contributed by atoms with E-state index in [1.165, 1.54) is 4.90 Å². The van der Waals surface area contributed by atoms with Crippen LogP contribution in [0.1, 0.15) is 46.0 Å². The van der Waals surface area contributed by atoms with Gasteiger partial charge in [-0.15, -0.1) is 13.2 Å². The predicted octanol–water partition coefficient (Wildman–Crippen LogP) is 6.42. The molecule has 36 heavy (non-hydrogen) atoms. The van der Waals surface area contributed by atoms with E-state index in [4.69, 9.17) is 39.5 Å². The molecule has 1 fully saturated rings. The fraction of sp³-hybridized carbons (Fsp3) is 0.321. The van der Waals surface area contributed by atoms with Gasteiger partial charge in [0.15, 0.2) is 16.4 Å². The van der Waals surface area contributed by atoms with Gasteiger partial charge in [-0.05, 0) is 24.1 Å². The zero-order valence-corrected chi connectivity index (χ0v) is 22.3. The van der Waals surface area contributed by atoms with Gasteiger partial charge in [0.1, 0.15) is 5.60 Å². The highest BCUT2D eigenvalue weighted by atomic mass is 35.5. The number of epoxide rings is 1. The number of nitrogens with zero attached hydrogens (tertiary/aromatic N) is 1. The Hall–Kier alpha value is -2.44. The topological polar surface area (TPSA) is 67.0 Å².